The average molecular weight is 546 g/mol. The molecular weight excluding hydrogens is 498 g/mol. The van der Waals surface area contributed by atoms with E-state index in [1.165, 1.54) is 50.0 Å². The Bertz CT molecular complexity index is 953. The molecule has 4 fully saturated rings. The largest absolute Gasteiger partial charge is 0.425 e. The fourth-order valence-electron chi connectivity index (χ4n) is 6.72. The normalized spacial score (nSPS) is 27.3. The average Bonchev–Trinajstić information content (AvgIpc) is 3.25. The number of hydrogen-bond acceptors (Lipinski definition) is 8. The molecule has 10 heteroatoms. The van der Waals surface area contributed by atoms with Gasteiger partial charge in [0.2, 0.25) is 5.91 Å². The lowest BCUT2D eigenvalue weighted by Crippen LogP contribution is -2.54. The van der Waals surface area contributed by atoms with E-state index in [1.54, 1.807) is 6.20 Å². The first-order valence-corrected chi connectivity index (χ1v) is 16.2. The quantitative estimate of drug-likeness (QED) is 0.453. The fraction of sp³-hybridized carbons (Fsp3) is 0.821. The molecule has 0 bridgehead atoms. The number of aromatic nitrogens is 2. The number of carbonyl (C=O) groups excluding carboxylic acids is 1. The van der Waals surface area contributed by atoms with Gasteiger partial charge in [-0.05, 0) is 88.9 Å². The molecule has 0 spiro atoms. The van der Waals surface area contributed by atoms with Crippen molar-refractivity contribution in [1.29, 1.82) is 0 Å². The number of nitrogens with zero attached hydrogens (tertiary/aromatic N) is 5. The molecule has 212 valence electrons. The van der Waals surface area contributed by atoms with Gasteiger partial charge in [0.05, 0.1) is 12.2 Å². The molecule has 4 saturated heterocycles. The highest BCUT2D eigenvalue weighted by Gasteiger charge is 2.36. The van der Waals surface area contributed by atoms with Crippen LogP contribution in [0, 0.1) is 5.92 Å². The Kier molecular flexibility index (Phi) is 10.3. The number of rotatable bonds is 7. The number of hydrogen-bond donors (Lipinski definition) is 3. The Balaban J connectivity index is 1.33. The van der Waals surface area contributed by atoms with Crippen LogP contribution in [0.25, 0.3) is 0 Å². The number of likely N-dealkylation sites (tertiary alicyclic amines) is 1. The summed E-state index contributed by atoms with van der Waals surface area (Å²) in [6.07, 6.45) is 13.9. The van der Waals surface area contributed by atoms with E-state index < -0.39 is 0 Å². The fourth-order valence-corrected chi connectivity index (χ4v) is 7.80. The van der Waals surface area contributed by atoms with Gasteiger partial charge >= 0.3 is 0 Å². The maximum absolute atomic E-state index is 12.8. The summed E-state index contributed by atoms with van der Waals surface area (Å²) in [7, 11) is 0. The molecule has 9 nitrogen and oxygen atoms in total. The molecule has 4 aliphatic rings. The van der Waals surface area contributed by atoms with Gasteiger partial charge in [0.15, 0.2) is 0 Å². The highest BCUT2D eigenvalue weighted by atomic mass is 32.2. The van der Waals surface area contributed by atoms with Crippen molar-refractivity contribution in [2.75, 3.05) is 55.7 Å². The van der Waals surface area contributed by atoms with Gasteiger partial charge in [0, 0.05) is 43.7 Å². The van der Waals surface area contributed by atoms with Crippen molar-refractivity contribution in [2.45, 2.75) is 88.8 Å². The van der Waals surface area contributed by atoms with Crippen LogP contribution in [0.5, 0.6) is 0 Å². The summed E-state index contributed by atoms with van der Waals surface area (Å²) < 4.78 is 1.09. The zero-order valence-corrected chi connectivity index (χ0v) is 23.7. The Morgan fingerprint density at radius 3 is 2.58 bits per heavy atom. The van der Waals surface area contributed by atoms with E-state index in [4.69, 9.17) is 9.98 Å². The third-order valence-corrected chi connectivity index (χ3v) is 9.94. The van der Waals surface area contributed by atoms with E-state index >= 15 is 0 Å². The van der Waals surface area contributed by atoms with Gasteiger partial charge in [-0.1, -0.05) is 12.8 Å². The third-order valence-electron chi connectivity index (χ3n) is 8.89. The van der Waals surface area contributed by atoms with Crippen LogP contribution in [0.4, 0.5) is 5.82 Å². The number of anilines is 1. The summed E-state index contributed by atoms with van der Waals surface area (Å²) in [4.78, 5) is 27.8. The van der Waals surface area contributed by atoms with Crippen LogP contribution in [0.2, 0.25) is 0 Å². The maximum atomic E-state index is 12.8. The van der Waals surface area contributed by atoms with Gasteiger partial charge in [-0.2, -0.15) is 21.5 Å². The van der Waals surface area contributed by atoms with Gasteiger partial charge in [0.1, 0.15) is 5.82 Å². The Morgan fingerprint density at radius 1 is 1.05 bits per heavy atom. The number of carbonyl (C=O) groups is 1. The highest BCUT2D eigenvalue weighted by molar-refractivity contribution is 7.99. The molecular formula is C28H47N7O2S. The molecule has 0 aliphatic carbocycles. The van der Waals surface area contributed by atoms with Gasteiger partial charge in [-0.25, -0.2) is 4.99 Å². The van der Waals surface area contributed by atoms with E-state index in [1.807, 2.05) is 6.07 Å². The van der Waals surface area contributed by atoms with E-state index in [2.05, 4.69) is 32.2 Å². The molecule has 1 amide bonds. The van der Waals surface area contributed by atoms with Crippen LogP contribution in [0.1, 0.15) is 70.6 Å². The molecule has 1 aromatic heterocycles. The molecule has 4 aliphatic heterocycles. The summed E-state index contributed by atoms with van der Waals surface area (Å²) in [5.41, 5.74) is 0.404. The minimum atomic E-state index is 0.0550. The standard InChI is InChI=1S/C28H47N7O2S/c36-27(22-7-13-29-14-8-22)30-15-9-25-24(6-5-18-34(25)23-11-20-38-21-12-23)31-28-32-26(10-19-35(28)37)33-16-3-1-2-4-17-33/h10,19,22-25,29,37H,1-9,11-18,20-21H2,(H,30,36). The second-order valence-corrected chi connectivity index (χ2v) is 12.6. The van der Waals surface area contributed by atoms with Gasteiger partial charge in [-0.3, -0.25) is 9.69 Å². The van der Waals surface area contributed by atoms with E-state index in [0.29, 0.717) is 18.2 Å². The predicted molar refractivity (Wildman–Crippen MR) is 153 cm³/mol. The van der Waals surface area contributed by atoms with Crippen molar-refractivity contribution in [3.05, 3.63) is 17.9 Å². The van der Waals surface area contributed by atoms with Crippen LogP contribution in [0.15, 0.2) is 17.3 Å². The van der Waals surface area contributed by atoms with Crippen molar-refractivity contribution in [3.63, 3.8) is 0 Å². The van der Waals surface area contributed by atoms with Gasteiger partial charge in [-0.15, -0.1) is 0 Å². The van der Waals surface area contributed by atoms with Crippen LogP contribution in [-0.2, 0) is 4.79 Å². The summed E-state index contributed by atoms with van der Waals surface area (Å²) in [5, 5.41) is 17.3. The first-order chi connectivity index (χ1) is 18.7. The topological polar surface area (TPSA) is 98.0 Å². The lowest BCUT2D eigenvalue weighted by Gasteiger charge is -2.45. The number of piperidine rings is 2. The lowest BCUT2D eigenvalue weighted by molar-refractivity contribution is -0.125. The Hall–Kier alpha value is -1.78. The van der Waals surface area contributed by atoms with E-state index in [-0.39, 0.29) is 23.9 Å². The summed E-state index contributed by atoms with van der Waals surface area (Å²) >= 11 is 2.06. The molecule has 0 saturated carbocycles. The van der Waals surface area contributed by atoms with E-state index in [0.717, 1.165) is 75.4 Å². The zero-order chi connectivity index (χ0) is 26.2. The maximum Gasteiger partial charge on any atom is 0.260 e. The molecule has 38 heavy (non-hydrogen) atoms. The zero-order valence-electron chi connectivity index (χ0n) is 22.9. The van der Waals surface area contributed by atoms with Crippen molar-refractivity contribution in [3.8, 4) is 0 Å². The molecule has 1 aromatic rings. The van der Waals surface area contributed by atoms with Crippen LogP contribution in [0.3, 0.4) is 0 Å². The SMILES string of the molecule is O=C(NCCC1C(N=c2nc(N3CCCCCC3)ccn2O)CCCN1C1CCSCC1)C1CCNCC1. The molecule has 0 radical (unpaired) electrons. The number of thioether (sulfide) groups is 1. The Labute approximate surface area is 231 Å². The van der Waals surface area contributed by atoms with Gasteiger partial charge in [0.25, 0.3) is 5.62 Å². The number of amides is 1. The summed E-state index contributed by atoms with van der Waals surface area (Å²) in [6, 6.07) is 2.79. The van der Waals surface area contributed by atoms with Crippen molar-refractivity contribution < 1.29 is 10.0 Å². The smallest absolute Gasteiger partial charge is 0.260 e. The second-order valence-electron chi connectivity index (χ2n) is 11.4. The minimum Gasteiger partial charge on any atom is -0.425 e. The molecule has 2 unspecified atom stereocenters. The van der Waals surface area contributed by atoms with Crippen LogP contribution < -0.4 is 21.2 Å². The summed E-state index contributed by atoms with van der Waals surface area (Å²) in [5.74, 6) is 3.69. The first kappa shape index (κ1) is 27.8. The first-order valence-electron chi connectivity index (χ1n) is 15.1. The summed E-state index contributed by atoms with van der Waals surface area (Å²) in [6.45, 7) is 5.66. The minimum absolute atomic E-state index is 0.0550. The molecule has 5 heterocycles. The van der Waals surface area contributed by atoms with Crippen molar-refractivity contribution in [1.82, 2.24) is 25.2 Å². The van der Waals surface area contributed by atoms with Crippen molar-refractivity contribution >= 4 is 23.5 Å². The van der Waals surface area contributed by atoms with Crippen LogP contribution in [-0.4, -0.2) is 94.6 Å². The van der Waals surface area contributed by atoms with Crippen LogP contribution >= 0.6 is 11.8 Å². The predicted octanol–water partition coefficient (Wildman–Crippen LogP) is 2.64. The second kappa shape index (κ2) is 14.0. The van der Waals surface area contributed by atoms with E-state index in [9.17, 15) is 10.0 Å². The van der Waals surface area contributed by atoms with Gasteiger partial charge < -0.3 is 20.7 Å². The van der Waals surface area contributed by atoms with Crippen molar-refractivity contribution in [2.24, 2.45) is 10.9 Å². The Morgan fingerprint density at radius 2 is 1.82 bits per heavy atom. The third kappa shape index (κ3) is 7.24. The molecule has 0 aromatic carbocycles. The number of nitrogens with one attached hydrogen (secondary N) is 2. The molecule has 3 N–H and O–H groups in total. The molecule has 2 atom stereocenters. The monoisotopic (exact) mass is 545 g/mol. The highest BCUT2D eigenvalue weighted by Crippen LogP contribution is 2.30. The lowest BCUT2D eigenvalue weighted by atomic mass is 9.91. The molecule has 5 rings (SSSR count).